The topological polar surface area (TPSA) is 52.5 Å². The Kier molecular flexibility index (Phi) is 3.33. The van der Waals surface area contributed by atoms with Gasteiger partial charge in [-0.15, -0.1) is 0 Å². The molecule has 1 unspecified atom stereocenters. The highest BCUT2D eigenvalue weighted by atomic mass is 16.3. The minimum atomic E-state index is -0.488. The van der Waals surface area contributed by atoms with Crippen LogP contribution in [-0.4, -0.2) is 16.4 Å². The lowest BCUT2D eigenvalue weighted by Crippen LogP contribution is -2.27. The Hall–Kier alpha value is -2.36. The van der Waals surface area contributed by atoms with Gasteiger partial charge < -0.3 is 10.2 Å². The van der Waals surface area contributed by atoms with Crippen molar-refractivity contribution in [2.75, 3.05) is 0 Å². The molecule has 0 aliphatic rings. The van der Waals surface area contributed by atoms with Crippen LogP contribution >= 0.6 is 0 Å². The molecule has 0 saturated carbocycles. The van der Waals surface area contributed by atoms with Crippen LogP contribution in [-0.2, 0) is 6.54 Å². The normalized spacial score (nSPS) is 13.3. The predicted octanol–water partition coefficient (Wildman–Crippen LogP) is 4.11. The van der Waals surface area contributed by atoms with E-state index in [9.17, 15) is 10.2 Å². The van der Waals surface area contributed by atoms with Crippen molar-refractivity contribution < 1.29 is 10.2 Å². The standard InChI is InChI=1S/C20H19NO2/c1-2-18(23)21-11-14-4-3-12-6-9-16-17(22)10-7-13-5-8-15(14)19(12)20(13)16/h3-10,18,21-23H,2,11H2,1H3. The Morgan fingerprint density at radius 2 is 1.48 bits per heavy atom. The molecule has 0 heterocycles. The Bertz CT molecular complexity index is 993. The minimum absolute atomic E-state index is 0.317. The van der Waals surface area contributed by atoms with Crippen molar-refractivity contribution >= 4 is 32.3 Å². The van der Waals surface area contributed by atoms with Crippen LogP contribution in [0.5, 0.6) is 5.75 Å². The van der Waals surface area contributed by atoms with E-state index < -0.39 is 6.23 Å². The fraction of sp³-hybridized carbons (Fsp3) is 0.200. The number of aliphatic hydroxyl groups excluding tert-OH is 1. The maximum Gasteiger partial charge on any atom is 0.123 e. The largest absolute Gasteiger partial charge is 0.507 e. The number of hydrogen-bond donors (Lipinski definition) is 3. The van der Waals surface area contributed by atoms with Gasteiger partial charge >= 0.3 is 0 Å². The van der Waals surface area contributed by atoms with Crippen LogP contribution in [0.2, 0.25) is 0 Å². The number of aliphatic hydroxyl groups is 1. The van der Waals surface area contributed by atoms with Gasteiger partial charge in [0.05, 0.1) is 0 Å². The molecule has 0 bridgehead atoms. The van der Waals surface area contributed by atoms with E-state index in [4.69, 9.17) is 0 Å². The third-order valence-electron chi connectivity index (χ3n) is 4.65. The number of rotatable bonds is 4. The van der Waals surface area contributed by atoms with E-state index in [1.165, 1.54) is 16.2 Å². The molecule has 0 saturated heterocycles. The van der Waals surface area contributed by atoms with Crippen LogP contribution in [0.3, 0.4) is 0 Å². The molecule has 0 fully saturated rings. The van der Waals surface area contributed by atoms with Gasteiger partial charge in [0.25, 0.3) is 0 Å². The van der Waals surface area contributed by atoms with Gasteiger partial charge in [-0.3, -0.25) is 5.32 Å². The van der Waals surface area contributed by atoms with Crippen molar-refractivity contribution in [2.24, 2.45) is 0 Å². The smallest absolute Gasteiger partial charge is 0.123 e. The van der Waals surface area contributed by atoms with Crippen LogP contribution in [0.1, 0.15) is 18.9 Å². The van der Waals surface area contributed by atoms with E-state index in [1.54, 1.807) is 6.07 Å². The van der Waals surface area contributed by atoms with Crippen LogP contribution in [0.4, 0.5) is 0 Å². The van der Waals surface area contributed by atoms with E-state index in [1.807, 2.05) is 19.1 Å². The fourth-order valence-electron chi connectivity index (χ4n) is 3.37. The number of hydrogen-bond acceptors (Lipinski definition) is 3. The van der Waals surface area contributed by atoms with E-state index in [0.29, 0.717) is 18.7 Å². The monoisotopic (exact) mass is 305 g/mol. The first kappa shape index (κ1) is 14.2. The maximum atomic E-state index is 10.2. The quantitative estimate of drug-likeness (QED) is 0.393. The lowest BCUT2D eigenvalue weighted by atomic mass is 9.91. The zero-order valence-electron chi connectivity index (χ0n) is 13.0. The maximum absolute atomic E-state index is 10.2. The molecule has 116 valence electrons. The second kappa shape index (κ2) is 5.37. The minimum Gasteiger partial charge on any atom is -0.507 e. The molecule has 3 heteroatoms. The SMILES string of the molecule is CCC(O)NCc1ccc2ccc3c(O)ccc4ccc1c2c43. The van der Waals surface area contributed by atoms with Crippen molar-refractivity contribution in [1.29, 1.82) is 0 Å². The molecule has 0 spiro atoms. The first-order valence-corrected chi connectivity index (χ1v) is 7.99. The van der Waals surface area contributed by atoms with Gasteiger partial charge in [-0.05, 0) is 39.6 Å². The van der Waals surface area contributed by atoms with E-state index in [0.717, 1.165) is 21.7 Å². The van der Waals surface area contributed by atoms with Crippen LogP contribution in [0.25, 0.3) is 32.3 Å². The number of phenols is 1. The molecule has 0 radical (unpaired) electrons. The molecular formula is C20H19NO2. The predicted molar refractivity (Wildman–Crippen MR) is 94.9 cm³/mol. The molecule has 3 nitrogen and oxygen atoms in total. The summed E-state index contributed by atoms with van der Waals surface area (Å²) in [5.74, 6) is 0.317. The Morgan fingerprint density at radius 3 is 2.22 bits per heavy atom. The second-order valence-electron chi connectivity index (χ2n) is 6.04. The molecule has 0 aliphatic carbocycles. The summed E-state index contributed by atoms with van der Waals surface area (Å²) in [6.07, 6.45) is 0.192. The average Bonchev–Trinajstić information content (AvgIpc) is 2.59. The lowest BCUT2D eigenvalue weighted by Gasteiger charge is -2.16. The first-order chi connectivity index (χ1) is 11.2. The molecule has 0 amide bonds. The Balaban J connectivity index is 1.99. The van der Waals surface area contributed by atoms with Crippen molar-refractivity contribution in [3.8, 4) is 5.75 Å². The summed E-state index contributed by atoms with van der Waals surface area (Å²) >= 11 is 0. The molecule has 0 aromatic heterocycles. The average molecular weight is 305 g/mol. The number of phenolic OH excluding ortho intramolecular Hbond substituents is 1. The van der Waals surface area contributed by atoms with Gasteiger partial charge in [-0.1, -0.05) is 49.4 Å². The van der Waals surface area contributed by atoms with Crippen LogP contribution < -0.4 is 5.32 Å². The highest BCUT2D eigenvalue weighted by molar-refractivity contribution is 6.24. The van der Waals surface area contributed by atoms with Crippen LogP contribution in [0.15, 0.2) is 48.5 Å². The fourth-order valence-corrected chi connectivity index (χ4v) is 3.37. The van der Waals surface area contributed by atoms with Crippen molar-refractivity contribution in [2.45, 2.75) is 26.1 Å². The van der Waals surface area contributed by atoms with Gasteiger partial charge in [0, 0.05) is 17.3 Å². The summed E-state index contributed by atoms with van der Waals surface area (Å²) in [6.45, 7) is 2.57. The van der Waals surface area contributed by atoms with E-state index >= 15 is 0 Å². The third kappa shape index (κ3) is 2.21. The molecule has 3 N–H and O–H groups in total. The van der Waals surface area contributed by atoms with Crippen molar-refractivity contribution in [1.82, 2.24) is 5.32 Å². The van der Waals surface area contributed by atoms with E-state index in [-0.39, 0.29) is 0 Å². The zero-order valence-corrected chi connectivity index (χ0v) is 13.0. The third-order valence-corrected chi connectivity index (χ3v) is 4.65. The number of benzene rings is 4. The molecule has 1 atom stereocenters. The molecule has 4 aromatic carbocycles. The number of nitrogens with one attached hydrogen (secondary N) is 1. The molecular weight excluding hydrogens is 286 g/mol. The first-order valence-electron chi connectivity index (χ1n) is 7.99. The highest BCUT2D eigenvalue weighted by Gasteiger charge is 2.13. The summed E-state index contributed by atoms with van der Waals surface area (Å²) in [6, 6.07) is 16.2. The van der Waals surface area contributed by atoms with Gasteiger partial charge in [0.15, 0.2) is 0 Å². The van der Waals surface area contributed by atoms with Crippen LogP contribution in [0, 0.1) is 0 Å². The second-order valence-corrected chi connectivity index (χ2v) is 6.04. The Morgan fingerprint density at radius 1 is 0.870 bits per heavy atom. The summed E-state index contributed by atoms with van der Waals surface area (Å²) in [4.78, 5) is 0. The van der Waals surface area contributed by atoms with Gasteiger partial charge in [0.1, 0.15) is 12.0 Å². The van der Waals surface area contributed by atoms with Gasteiger partial charge in [-0.25, -0.2) is 0 Å². The highest BCUT2D eigenvalue weighted by Crippen LogP contribution is 2.39. The van der Waals surface area contributed by atoms with Crippen molar-refractivity contribution in [3.63, 3.8) is 0 Å². The summed E-state index contributed by atoms with van der Waals surface area (Å²) in [7, 11) is 0. The molecule has 4 rings (SSSR count). The molecule has 4 aromatic rings. The zero-order chi connectivity index (χ0) is 16.0. The Labute approximate surface area is 134 Å². The molecule has 0 aliphatic heterocycles. The lowest BCUT2D eigenvalue weighted by molar-refractivity contribution is 0.131. The van der Waals surface area contributed by atoms with Crippen molar-refractivity contribution in [3.05, 3.63) is 54.1 Å². The summed E-state index contributed by atoms with van der Waals surface area (Å²) in [5, 5.41) is 29.7. The van der Waals surface area contributed by atoms with Gasteiger partial charge in [-0.2, -0.15) is 0 Å². The molecule has 23 heavy (non-hydrogen) atoms. The van der Waals surface area contributed by atoms with Gasteiger partial charge in [0.2, 0.25) is 0 Å². The summed E-state index contributed by atoms with van der Waals surface area (Å²) in [5.41, 5.74) is 1.16. The summed E-state index contributed by atoms with van der Waals surface area (Å²) < 4.78 is 0. The van der Waals surface area contributed by atoms with E-state index in [2.05, 4.69) is 35.6 Å². The number of aromatic hydroxyl groups is 1.